The van der Waals surface area contributed by atoms with Gasteiger partial charge in [-0.2, -0.15) is 0 Å². The van der Waals surface area contributed by atoms with Crippen LogP contribution in [-0.2, 0) is 0 Å². The maximum atomic E-state index is 14.5. The number of rotatable bonds is 6. The molecule has 1 aromatic carbocycles. The number of fused-ring (bicyclic) bond motifs is 1. The Balaban J connectivity index is 1.54. The average molecular weight is 377 g/mol. The fourth-order valence-electron chi connectivity index (χ4n) is 4.20. The molecule has 0 spiro atoms. The first-order chi connectivity index (χ1) is 13.5. The van der Waals surface area contributed by atoms with Crippen LogP contribution in [0.4, 0.5) is 10.1 Å². The SMILES string of the molecule is C=C(Nc1cc(C(/C=C/C2C=C3CCCC3=CC2)=NC)c(C)cc1F)C1CC1. The van der Waals surface area contributed by atoms with Crippen LogP contribution in [0.15, 0.2) is 64.9 Å². The van der Waals surface area contributed by atoms with E-state index in [1.54, 1.807) is 18.7 Å². The minimum Gasteiger partial charge on any atom is -0.357 e. The van der Waals surface area contributed by atoms with E-state index < -0.39 is 0 Å². The summed E-state index contributed by atoms with van der Waals surface area (Å²) in [5, 5.41) is 3.18. The zero-order valence-corrected chi connectivity index (χ0v) is 16.9. The molecule has 0 heterocycles. The monoisotopic (exact) mass is 376 g/mol. The van der Waals surface area contributed by atoms with Gasteiger partial charge >= 0.3 is 0 Å². The molecule has 1 unspecified atom stereocenters. The third kappa shape index (κ3) is 4.04. The highest BCUT2D eigenvalue weighted by molar-refractivity contribution is 6.10. The standard InChI is InChI=1S/C25H29FN2/c1-16-13-23(26)25(28-17(2)19-10-11-19)15-22(16)24(27-3)12-8-18-7-9-20-5-4-6-21(20)14-18/h8-9,12-15,18-19,28H,2,4-7,10-11H2,1,3H3/b12-8+,27-24?. The van der Waals surface area contributed by atoms with Gasteiger partial charge in [-0.15, -0.1) is 0 Å². The summed E-state index contributed by atoms with van der Waals surface area (Å²) in [5.41, 5.74) is 7.22. The molecule has 28 heavy (non-hydrogen) atoms. The summed E-state index contributed by atoms with van der Waals surface area (Å²) in [5.74, 6) is 0.663. The highest BCUT2D eigenvalue weighted by Crippen LogP contribution is 2.37. The first kappa shape index (κ1) is 18.9. The number of nitrogens with zero attached hydrogens (tertiary/aromatic N) is 1. The van der Waals surface area contributed by atoms with Crippen molar-refractivity contribution >= 4 is 11.4 Å². The van der Waals surface area contributed by atoms with Crippen LogP contribution < -0.4 is 5.32 Å². The number of hydrogen-bond donors (Lipinski definition) is 1. The Morgan fingerprint density at radius 3 is 2.79 bits per heavy atom. The van der Waals surface area contributed by atoms with Crippen LogP contribution in [0.2, 0.25) is 0 Å². The minimum absolute atomic E-state index is 0.238. The van der Waals surface area contributed by atoms with Crippen LogP contribution in [0, 0.1) is 24.6 Å². The zero-order chi connectivity index (χ0) is 19.7. The predicted molar refractivity (Wildman–Crippen MR) is 116 cm³/mol. The van der Waals surface area contributed by atoms with Crippen molar-refractivity contribution in [2.24, 2.45) is 16.8 Å². The van der Waals surface area contributed by atoms with E-state index in [0.29, 0.717) is 17.5 Å². The first-order valence-corrected chi connectivity index (χ1v) is 10.4. The first-order valence-electron chi connectivity index (χ1n) is 10.4. The molecule has 3 heteroatoms. The Hall–Kier alpha value is -2.42. The maximum Gasteiger partial charge on any atom is 0.146 e. The Bertz CT molecular complexity index is 913. The molecule has 2 saturated carbocycles. The highest BCUT2D eigenvalue weighted by Gasteiger charge is 2.25. The van der Waals surface area contributed by atoms with Gasteiger partial charge in [-0.05, 0) is 92.2 Å². The van der Waals surface area contributed by atoms with Crippen LogP contribution >= 0.6 is 0 Å². The van der Waals surface area contributed by atoms with E-state index >= 15 is 0 Å². The third-order valence-electron chi connectivity index (χ3n) is 6.05. The summed E-state index contributed by atoms with van der Waals surface area (Å²) >= 11 is 0. The van der Waals surface area contributed by atoms with Gasteiger partial charge in [0, 0.05) is 18.3 Å². The summed E-state index contributed by atoms with van der Waals surface area (Å²) in [4.78, 5) is 4.49. The van der Waals surface area contributed by atoms with Gasteiger partial charge in [0.15, 0.2) is 0 Å². The van der Waals surface area contributed by atoms with Crippen molar-refractivity contribution in [1.29, 1.82) is 0 Å². The lowest BCUT2D eigenvalue weighted by Crippen LogP contribution is -2.07. The number of halogens is 1. The van der Waals surface area contributed by atoms with Crippen LogP contribution in [0.5, 0.6) is 0 Å². The number of aliphatic imine (C=N–C) groups is 1. The summed E-state index contributed by atoms with van der Waals surface area (Å²) in [6.07, 6.45) is 16.2. The Morgan fingerprint density at radius 2 is 2.04 bits per heavy atom. The molecule has 4 rings (SSSR count). The van der Waals surface area contributed by atoms with E-state index in [1.165, 1.54) is 24.8 Å². The van der Waals surface area contributed by atoms with Crippen molar-refractivity contribution in [1.82, 2.24) is 0 Å². The number of aryl methyl sites for hydroxylation is 1. The van der Waals surface area contributed by atoms with Crippen LogP contribution in [-0.4, -0.2) is 12.8 Å². The molecule has 2 fully saturated rings. The molecule has 0 aromatic heterocycles. The smallest absolute Gasteiger partial charge is 0.146 e. The summed E-state index contributed by atoms with van der Waals surface area (Å²) < 4.78 is 14.5. The number of nitrogens with one attached hydrogen (secondary N) is 1. The van der Waals surface area contributed by atoms with Gasteiger partial charge in [0.05, 0.1) is 11.4 Å². The van der Waals surface area contributed by atoms with Crippen LogP contribution in [0.25, 0.3) is 0 Å². The molecule has 1 aromatic rings. The second-order valence-electron chi connectivity index (χ2n) is 8.21. The topological polar surface area (TPSA) is 24.4 Å². The van der Waals surface area contributed by atoms with E-state index in [4.69, 9.17) is 0 Å². The number of benzene rings is 1. The predicted octanol–water partition coefficient (Wildman–Crippen LogP) is 6.50. The van der Waals surface area contributed by atoms with E-state index in [1.807, 2.05) is 13.0 Å². The molecule has 146 valence electrons. The third-order valence-corrected chi connectivity index (χ3v) is 6.05. The van der Waals surface area contributed by atoms with Gasteiger partial charge in [-0.25, -0.2) is 4.39 Å². The molecule has 1 N–H and O–H groups in total. The van der Waals surface area contributed by atoms with Crippen molar-refractivity contribution in [2.45, 2.75) is 45.4 Å². The summed E-state index contributed by atoms with van der Waals surface area (Å²) in [6.45, 7) is 6.00. The highest BCUT2D eigenvalue weighted by atomic mass is 19.1. The van der Waals surface area contributed by atoms with Gasteiger partial charge < -0.3 is 5.32 Å². The van der Waals surface area contributed by atoms with Crippen molar-refractivity contribution < 1.29 is 4.39 Å². The molecule has 0 aliphatic heterocycles. The van der Waals surface area contributed by atoms with Gasteiger partial charge in [0.25, 0.3) is 0 Å². The lowest BCUT2D eigenvalue weighted by molar-refractivity contribution is 0.629. The van der Waals surface area contributed by atoms with Gasteiger partial charge in [-0.1, -0.05) is 24.8 Å². The molecule has 3 aliphatic carbocycles. The van der Waals surface area contributed by atoms with E-state index in [-0.39, 0.29) is 5.82 Å². The van der Waals surface area contributed by atoms with Crippen molar-refractivity contribution in [3.05, 3.63) is 76.8 Å². The lowest BCUT2D eigenvalue weighted by atomic mass is 9.91. The fraction of sp³-hybridized carbons (Fsp3) is 0.400. The van der Waals surface area contributed by atoms with Gasteiger partial charge in [-0.3, -0.25) is 4.99 Å². The van der Waals surface area contributed by atoms with E-state index in [9.17, 15) is 4.39 Å². The Labute approximate surface area is 167 Å². The lowest BCUT2D eigenvalue weighted by Gasteiger charge is -2.16. The largest absolute Gasteiger partial charge is 0.357 e. The molecule has 0 radical (unpaired) electrons. The number of anilines is 1. The maximum absolute atomic E-state index is 14.5. The van der Waals surface area contributed by atoms with Crippen LogP contribution in [0.1, 0.15) is 49.7 Å². The minimum atomic E-state index is -0.238. The number of allylic oxidation sites excluding steroid dienone is 7. The second kappa shape index (κ2) is 7.90. The molecule has 2 nitrogen and oxygen atoms in total. The molecule has 0 bridgehead atoms. The second-order valence-corrected chi connectivity index (χ2v) is 8.21. The molecular weight excluding hydrogens is 347 g/mol. The molecular formula is C25H29FN2. The summed E-state index contributed by atoms with van der Waals surface area (Å²) in [7, 11) is 1.80. The fourth-order valence-corrected chi connectivity index (χ4v) is 4.20. The number of hydrogen-bond acceptors (Lipinski definition) is 2. The molecule has 0 saturated heterocycles. The van der Waals surface area contributed by atoms with Gasteiger partial charge in [0.1, 0.15) is 5.82 Å². The molecule has 1 atom stereocenters. The van der Waals surface area contributed by atoms with Crippen molar-refractivity contribution in [3.8, 4) is 0 Å². The van der Waals surface area contributed by atoms with Gasteiger partial charge in [0.2, 0.25) is 0 Å². The van der Waals surface area contributed by atoms with Crippen LogP contribution in [0.3, 0.4) is 0 Å². The Kier molecular flexibility index (Phi) is 5.34. The average Bonchev–Trinajstić information content (AvgIpc) is 3.43. The van der Waals surface area contributed by atoms with E-state index in [0.717, 1.165) is 41.8 Å². The molecule has 3 aliphatic rings. The zero-order valence-electron chi connectivity index (χ0n) is 16.9. The van der Waals surface area contributed by atoms with E-state index in [2.05, 4.69) is 41.2 Å². The Morgan fingerprint density at radius 1 is 1.25 bits per heavy atom. The van der Waals surface area contributed by atoms with Crippen molar-refractivity contribution in [2.75, 3.05) is 12.4 Å². The molecule has 0 amide bonds. The quantitative estimate of drug-likeness (QED) is 0.563. The van der Waals surface area contributed by atoms with Crippen molar-refractivity contribution in [3.63, 3.8) is 0 Å². The summed E-state index contributed by atoms with van der Waals surface area (Å²) in [6, 6.07) is 3.46. The normalized spacial score (nSPS) is 22.1.